The number of amides is 1. The second kappa shape index (κ2) is 4.84. The average molecular weight is 219 g/mol. The van der Waals surface area contributed by atoms with Crippen LogP contribution in [0.5, 0.6) is 5.75 Å². The van der Waals surface area contributed by atoms with Gasteiger partial charge in [0.15, 0.2) is 0 Å². The van der Waals surface area contributed by atoms with Gasteiger partial charge in [-0.15, -0.1) is 0 Å². The van der Waals surface area contributed by atoms with Crippen molar-refractivity contribution in [2.75, 3.05) is 14.1 Å². The fraction of sp³-hybridized carbons (Fsp3) is 0.308. The monoisotopic (exact) mass is 219 g/mol. The Hall–Kier alpha value is -1.77. The summed E-state index contributed by atoms with van der Waals surface area (Å²) in [5.41, 5.74) is 2.79. The van der Waals surface area contributed by atoms with Crippen molar-refractivity contribution >= 4 is 12.0 Å². The Morgan fingerprint density at radius 2 is 1.81 bits per heavy atom. The Morgan fingerprint density at radius 1 is 1.25 bits per heavy atom. The van der Waals surface area contributed by atoms with Gasteiger partial charge in [-0.2, -0.15) is 0 Å². The van der Waals surface area contributed by atoms with E-state index in [0.29, 0.717) is 5.56 Å². The molecule has 1 rings (SSSR count). The van der Waals surface area contributed by atoms with Crippen molar-refractivity contribution in [3.63, 3.8) is 0 Å². The Bertz CT molecular complexity index is 434. The normalized spacial score (nSPS) is 10.8. The molecule has 0 aliphatic carbocycles. The summed E-state index contributed by atoms with van der Waals surface area (Å²) < 4.78 is 0. The lowest BCUT2D eigenvalue weighted by atomic mass is 10.0. The third-order valence-electron chi connectivity index (χ3n) is 2.49. The molecule has 0 radical (unpaired) electrons. The third-order valence-corrected chi connectivity index (χ3v) is 2.49. The summed E-state index contributed by atoms with van der Waals surface area (Å²) in [6.45, 7) is 3.91. The predicted molar refractivity (Wildman–Crippen MR) is 65.3 cm³/mol. The molecule has 1 N–H and O–H groups in total. The summed E-state index contributed by atoms with van der Waals surface area (Å²) in [5.74, 6) is 0.100. The number of rotatable bonds is 2. The minimum Gasteiger partial charge on any atom is -0.507 e. The van der Waals surface area contributed by atoms with Gasteiger partial charge in [0.25, 0.3) is 0 Å². The SMILES string of the molecule is Cc1cc(O)c(/C=C/C(=O)N(C)C)cc1C. The molecule has 0 aromatic heterocycles. The first-order valence-electron chi connectivity index (χ1n) is 5.11. The molecule has 0 saturated heterocycles. The fourth-order valence-corrected chi connectivity index (χ4v) is 1.27. The minimum absolute atomic E-state index is 0.0994. The zero-order chi connectivity index (χ0) is 12.3. The average Bonchev–Trinajstić information content (AvgIpc) is 2.20. The number of phenolic OH excluding ortho intramolecular Hbond substituents is 1. The summed E-state index contributed by atoms with van der Waals surface area (Å²) in [4.78, 5) is 12.8. The van der Waals surface area contributed by atoms with Gasteiger partial charge in [-0.1, -0.05) is 0 Å². The van der Waals surface area contributed by atoms with Crippen LogP contribution in [0.15, 0.2) is 18.2 Å². The van der Waals surface area contributed by atoms with Crippen molar-refractivity contribution in [3.8, 4) is 5.75 Å². The zero-order valence-electron chi connectivity index (χ0n) is 10.1. The molecular formula is C13H17NO2. The Balaban J connectivity index is 2.98. The highest BCUT2D eigenvalue weighted by Gasteiger charge is 2.02. The van der Waals surface area contributed by atoms with Crippen molar-refractivity contribution in [2.24, 2.45) is 0 Å². The third kappa shape index (κ3) is 2.86. The molecule has 0 atom stereocenters. The number of aromatic hydroxyl groups is 1. The van der Waals surface area contributed by atoms with E-state index < -0.39 is 0 Å². The van der Waals surface area contributed by atoms with Crippen LogP contribution in [0.25, 0.3) is 6.08 Å². The number of benzene rings is 1. The summed E-state index contributed by atoms with van der Waals surface area (Å²) in [7, 11) is 3.37. The van der Waals surface area contributed by atoms with Gasteiger partial charge in [-0.25, -0.2) is 0 Å². The van der Waals surface area contributed by atoms with Crippen LogP contribution in [0.1, 0.15) is 16.7 Å². The van der Waals surface area contributed by atoms with E-state index >= 15 is 0 Å². The standard InChI is InChI=1S/C13H17NO2/c1-9-7-11(12(15)8-10(9)2)5-6-13(16)14(3)4/h5-8,15H,1-4H3/b6-5+. The highest BCUT2D eigenvalue weighted by atomic mass is 16.3. The fourth-order valence-electron chi connectivity index (χ4n) is 1.27. The van der Waals surface area contributed by atoms with Crippen LogP contribution in [0.2, 0.25) is 0 Å². The van der Waals surface area contributed by atoms with Crippen molar-refractivity contribution in [1.29, 1.82) is 0 Å². The molecule has 0 fully saturated rings. The predicted octanol–water partition coefficient (Wildman–Crippen LogP) is 2.11. The van der Waals surface area contributed by atoms with Gasteiger partial charge >= 0.3 is 0 Å². The first kappa shape index (κ1) is 12.3. The molecule has 1 amide bonds. The van der Waals surface area contributed by atoms with Gasteiger partial charge in [-0.3, -0.25) is 4.79 Å². The van der Waals surface area contributed by atoms with E-state index in [1.165, 1.54) is 11.0 Å². The van der Waals surface area contributed by atoms with Gasteiger partial charge < -0.3 is 10.0 Å². The number of aryl methyl sites for hydroxylation is 2. The number of hydrogen-bond donors (Lipinski definition) is 1. The minimum atomic E-state index is -0.0994. The molecule has 0 saturated carbocycles. The molecule has 86 valence electrons. The molecule has 3 heteroatoms. The number of likely N-dealkylation sites (N-methyl/N-ethyl adjacent to an activating group) is 1. The zero-order valence-corrected chi connectivity index (χ0v) is 10.1. The summed E-state index contributed by atoms with van der Waals surface area (Å²) >= 11 is 0. The number of nitrogens with zero attached hydrogens (tertiary/aromatic N) is 1. The second-order valence-corrected chi connectivity index (χ2v) is 4.06. The summed E-state index contributed by atoms with van der Waals surface area (Å²) in [6.07, 6.45) is 3.08. The van der Waals surface area contributed by atoms with Crippen molar-refractivity contribution in [2.45, 2.75) is 13.8 Å². The molecule has 0 bridgehead atoms. The molecule has 16 heavy (non-hydrogen) atoms. The van der Waals surface area contributed by atoms with Gasteiger partial charge in [0.05, 0.1) is 0 Å². The van der Waals surface area contributed by atoms with E-state index in [2.05, 4.69) is 0 Å². The Labute approximate surface area is 96.0 Å². The van der Waals surface area contributed by atoms with E-state index in [4.69, 9.17) is 0 Å². The molecule has 0 unspecified atom stereocenters. The van der Waals surface area contributed by atoms with Crippen LogP contribution >= 0.6 is 0 Å². The van der Waals surface area contributed by atoms with Crippen LogP contribution in [0.4, 0.5) is 0 Å². The summed E-state index contributed by atoms with van der Waals surface area (Å²) in [6, 6.07) is 3.57. The molecule has 1 aromatic rings. The van der Waals surface area contributed by atoms with Gasteiger partial charge in [0.1, 0.15) is 5.75 Å². The van der Waals surface area contributed by atoms with Crippen molar-refractivity contribution in [1.82, 2.24) is 4.90 Å². The van der Waals surface area contributed by atoms with Crippen LogP contribution in [0.3, 0.4) is 0 Å². The summed E-state index contributed by atoms with van der Waals surface area (Å²) in [5, 5.41) is 9.69. The molecule has 0 heterocycles. The maximum Gasteiger partial charge on any atom is 0.246 e. The van der Waals surface area contributed by atoms with Crippen LogP contribution < -0.4 is 0 Å². The molecule has 0 aliphatic heterocycles. The van der Waals surface area contributed by atoms with Crippen LogP contribution in [0, 0.1) is 13.8 Å². The van der Waals surface area contributed by atoms with Gasteiger partial charge in [0.2, 0.25) is 5.91 Å². The van der Waals surface area contributed by atoms with Crippen molar-refractivity contribution in [3.05, 3.63) is 34.9 Å². The highest BCUT2D eigenvalue weighted by Crippen LogP contribution is 2.22. The maximum atomic E-state index is 11.3. The van der Waals surface area contributed by atoms with E-state index in [1.54, 1.807) is 26.2 Å². The molecule has 3 nitrogen and oxygen atoms in total. The van der Waals surface area contributed by atoms with E-state index in [1.807, 2.05) is 19.9 Å². The van der Waals surface area contributed by atoms with Crippen LogP contribution in [-0.2, 0) is 4.79 Å². The first-order chi connectivity index (χ1) is 7.41. The van der Waals surface area contributed by atoms with Crippen LogP contribution in [-0.4, -0.2) is 30.0 Å². The topological polar surface area (TPSA) is 40.5 Å². The Morgan fingerprint density at radius 3 is 2.38 bits per heavy atom. The van der Waals surface area contributed by atoms with Gasteiger partial charge in [-0.05, 0) is 43.2 Å². The Kier molecular flexibility index (Phi) is 3.72. The maximum absolute atomic E-state index is 11.3. The number of carbonyl (C=O) groups excluding carboxylic acids is 1. The largest absolute Gasteiger partial charge is 0.507 e. The van der Waals surface area contributed by atoms with E-state index in [9.17, 15) is 9.90 Å². The first-order valence-corrected chi connectivity index (χ1v) is 5.11. The van der Waals surface area contributed by atoms with E-state index in [0.717, 1.165) is 11.1 Å². The molecule has 1 aromatic carbocycles. The lowest BCUT2D eigenvalue weighted by Gasteiger charge is -2.07. The molecule has 0 aliphatic rings. The highest BCUT2D eigenvalue weighted by molar-refractivity contribution is 5.91. The molecule has 0 spiro atoms. The van der Waals surface area contributed by atoms with Gasteiger partial charge in [0, 0.05) is 25.7 Å². The van der Waals surface area contributed by atoms with E-state index in [-0.39, 0.29) is 11.7 Å². The smallest absolute Gasteiger partial charge is 0.246 e. The lowest BCUT2D eigenvalue weighted by molar-refractivity contribution is -0.123. The molecular weight excluding hydrogens is 202 g/mol. The quantitative estimate of drug-likeness (QED) is 0.774. The number of phenols is 1. The lowest BCUT2D eigenvalue weighted by Crippen LogP contribution is -2.18. The number of carbonyl (C=O) groups is 1. The second-order valence-electron chi connectivity index (χ2n) is 4.06. The number of hydrogen-bond acceptors (Lipinski definition) is 2. The van der Waals surface area contributed by atoms with Crippen molar-refractivity contribution < 1.29 is 9.90 Å².